The number of aromatic amines is 1. The fourth-order valence-electron chi connectivity index (χ4n) is 2.45. The number of benzene rings is 1. The number of nitrogens with zero attached hydrogens (tertiary/aromatic N) is 3. The molecule has 0 aliphatic carbocycles. The number of nitrogens with one attached hydrogen (secondary N) is 1. The zero-order valence-corrected chi connectivity index (χ0v) is 13.0. The Balaban J connectivity index is 2.08. The summed E-state index contributed by atoms with van der Waals surface area (Å²) in [4.78, 5) is 12.1. The van der Waals surface area contributed by atoms with E-state index in [0.717, 1.165) is 32.8 Å². The fraction of sp³-hybridized carbons (Fsp3) is 0.286. The summed E-state index contributed by atoms with van der Waals surface area (Å²) >= 11 is 3.38. The number of imidazole rings is 2. The highest BCUT2D eigenvalue weighted by Gasteiger charge is 2.17. The predicted octanol–water partition coefficient (Wildman–Crippen LogP) is 2.46. The second-order valence-corrected chi connectivity index (χ2v) is 5.73. The van der Waals surface area contributed by atoms with Crippen LogP contribution in [-0.4, -0.2) is 26.1 Å². The first-order chi connectivity index (χ1) is 9.60. The van der Waals surface area contributed by atoms with Crippen LogP contribution in [0.5, 0.6) is 0 Å². The lowest BCUT2D eigenvalue weighted by Gasteiger charge is -2.12. The van der Waals surface area contributed by atoms with E-state index < -0.39 is 0 Å². The van der Waals surface area contributed by atoms with Gasteiger partial charge in [-0.05, 0) is 40.5 Å². The van der Waals surface area contributed by atoms with E-state index in [9.17, 15) is 0 Å². The van der Waals surface area contributed by atoms with Crippen LogP contribution in [0.25, 0.3) is 11.0 Å². The van der Waals surface area contributed by atoms with Gasteiger partial charge in [0, 0.05) is 13.6 Å². The molecular formula is C14H16BrN5. The smallest absolute Gasteiger partial charge is 0.115 e. The minimum Gasteiger partial charge on any atom is -0.336 e. The second-order valence-electron chi connectivity index (χ2n) is 4.87. The van der Waals surface area contributed by atoms with Crippen LogP contribution in [0.15, 0.2) is 29.0 Å². The average Bonchev–Trinajstić information content (AvgIpc) is 2.96. The highest BCUT2D eigenvalue weighted by Crippen LogP contribution is 2.26. The molecule has 0 fully saturated rings. The van der Waals surface area contributed by atoms with Crippen LogP contribution in [0.2, 0.25) is 0 Å². The minimum absolute atomic E-state index is 0.0491. The van der Waals surface area contributed by atoms with Crippen molar-refractivity contribution < 1.29 is 0 Å². The molecule has 0 amide bonds. The molecule has 0 bridgehead atoms. The van der Waals surface area contributed by atoms with Crippen molar-refractivity contribution >= 4 is 27.0 Å². The molecule has 1 aromatic carbocycles. The Kier molecular flexibility index (Phi) is 3.35. The molecule has 0 spiro atoms. The number of halogens is 1. The number of hydrogen-bond acceptors (Lipinski definition) is 3. The number of aromatic nitrogens is 4. The summed E-state index contributed by atoms with van der Waals surface area (Å²) in [6, 6.07) is 6.28. The Hall–Kier alpha value is -1.66. The molecule has 0 saturated heterocycles. The standard InChI is InChI=1S/C14H16BrN5/c1-8-18-11-5-9(3-4-12(11)20(8)2)10(6-16)14-17-7-13(15)19-14/h3-5,7,10H,6,16H2,1-2H3,(H,17,19). The van der Waals surface area contributed by atoms with Gasteiger partial charge in [-0.15, -0.1) is 0 Å². The quantitative estimate of drug-likeness (QED) is 0.773. The third kappa shape index (κ3) is 2.14. The van der Waals surface area contributed by atoms with Gasteiger partial charge in [0.15, 0.2) is 0 Å². The van der Waals surface area contributed by atoms with Crippen molar-refractivity contribution in [3.05, 3.63) is 46.2 Å². The predicted molar refractivity (Wildman–Crippen MR) is 82.6 cm³/mol. The first-order valence-electron chi connectivity index (χ1n) is 6.43. The van der Waals surface area contributed by atoms with Gasteiger partial charge in [-0.25, -0.2) is 9.97 Å². The molecule has 1 atom stereocenters. The van der Waals surface area contributed by atoms with Crippen molar-refractivity contribution in [3.8, 4) is 0 Å². The molecule has 5 nitrogen and oxygen atoms in total. The van der Waals surface area contributed by atoms with Gasteiger partial charge in [-0.3, -0.25) is 0 Å². The van der Waals surface area contributed by atoms with Gasteiger partial charge < -0.3 is 15.3 Å². The van der Waals surface area contributed by atoms with Gasteiger partial charge in [0.2, 0.25) is 0 Å². The van der Waals surface area contributed by atoms with E-state index in [1.54, 1.807) is 6.20 Å². The lowest BCUT2D eigenvalue weighted by Crippen LogP contribution is -2.15. The van der Waals surface area contributed by atoms with E-state index >= 15 is 0 Å². The summed E-state index contributed by atoms with van der Waals surface area (Å²) in [7, 11) is 2.02. The number of nitrogens with two attached hydrogens (primary N) is 1. The Labute approximate surface area is 125 Å². The van der Waals surface area contributed by atoms with Crippen molar-refractivity contribution in [3.63, 3.8) is 0 Å². The largest absolute Gasteiger partial charge is 0.336 e. The Bertz CT molecular complexity index is 758. The first-order valence-corrected chi connectivity index (χ1v) is 7.23. The number of rotatable bonds is 3. The summed E-state index contributed by atoms with van der Waals surface area (Å²) in [6.45, 7) is 2.50. The molecule has 0 aliphatic heterocycles. The molecule has 3 rings (SSSR count). The zero-order valence-electron chi connectivity index (χ0n) is 11.4. The van der Waals surface area contributed by atoms with Gasteiger partial charge in [0.25, 0.3) is 0 Å². The van der Waals surface area contributed by atoms with Gasteiger partial charge >= 0.3 is 0 Å². The third-order valence-corrected chi connectivity index (χ3v) is 4.06. The highest BCUT2D eigenvalue weighted by molar-refractivity contribution is 9.10. The summed E-state index contributed by atoms with van der Waals surface area (Å²) in [5.41, 5.74) is 9.17. The molecule has 0 radical (unpaired) electrons. The topological polar surface area (TPSA) is 72.5 Å². The van der Waals surface area contributed by atoms with Gasteiger partial charge in [0.1, 0.15) is 16.3 Å². The van der Waals surface area contributed by atoms with Crippen molar-refractivity contribution in [2.75, 3.05) is 6.54 Å². The van der Waals surface area contributed by atoms with Crippen LogP contribution in [0.1, 0.15) is 23.1 Å². The molecule has 20 heavy (non-hydrogen) atoms. The maximum atomic E-state index is 5.92. The number of hydrogen-bond donors (Lipinski definition) is 2. The molecule has 2 heterocycles. The average molecular weight is 334 g/mol. The summed E-state index contributed by atoms with van der Waals surface area (Å²) in [6.07, 6.45) is 1.75. The summed E-state index contributed by atoms with van der Waals surface area (Å²) in [5, 5.41) is 0. The minimum atomic E-state index is 0.0491. The normalized spacial score (nSPS) is 13.0. The van der Waals surface area contributed by atoms with E-state index in [4.69, 9.17) is 5.73 Å². The van der Waals surface area contributed by atoms with Gasteiger partial charge in [-0.2, -0.15) is 0 Å². The van der Waals surface area contributed by atoms with Gasteiger partial charge in [-0.1, -0.05) is 6.07 Å². The van der Waals surface area contributed by atoms with Crippen molar-refractivity contribution in [2.45, 2.75) is 12.8 Å². The van der Waals surface area contributed by atoms with Crippen molar-refractivity contribution in [1.29, 1.82) is 0 Å². The van der Waals surface area contributed by atoms with Crippen LogP contribution in [0.4, 0.5) is 0 Å². The molecule has 2 aromatic heterocycles. The molecule has 104 valence electrons. The summed E-state index contributed by atoms with van der Waals surface area (Å²) in [5.74, 6) is 1.92. The maximum absolute atomic E-state index is 5.92. The lowest BCUT2D eigenvalue weighted by molar-refractivity contribution is 0.765. The van der Waals surface area contributed by atoms with Crippen LogP contribution >= 0.6 is 15.9 Å². The van der Waals surface area contributed by atoms with Crippen LogP contribution in [-0.2, 0) is 7.05 Å². The summed E-state index contributed by atoms with van der Waals surface area (Å²) < 4.78 is 2.95. The zero-order chi connectivity index (χ0) is 14.3. The van der Waals surface area contributed by atoms with E-state index in [1.165, 1.54) is 0 Å². The van der Waals surface area contributed by atoms with E-state index in [-0.39, 0.29) is 5.92 Å². The molecular weight excluding hydrogens is 318 g/mol. The SMILES string of the molecule is Cc1nc2cc(C(CN)c3ncc(Br)[nH]3)ccc2n1C. The lowest BCUT2D eigenvalue weighted by atomic mass is 9.98. The van der Waals surface area contributed by atoms with Crippen molar-refractivity contribution in [1.82, 2.24) is 19.5 Å². The Morgan fingerprint density at radius 2 is 2.25 bits per heavy atom. The van der Waals surface area contributed by atoms with Gasteiger partial charge in [0.05, 0.1) is 23.1 Å². The van der Waals surface area contributed by atoms with E-state index in [1.807, 2.05) is 14.0 Å². The molecule has 3 aromatic rings. The van der Waals surface area contributed by atoms with Crippen LogP contribution in [0.3, 0.4) is 0 Å². The van der Waals surface area contributed by atoms with Crippen LogP contribution in [0, 0.1) is 6.92 Å². The van der Waals surface area contributed by atoms with E-state index in [2.05, 4.69) is 53.6 Å². The second kappa shape index (κ2) is 5.03. The maximum Gasteiger partial charge on any atom is 0.115 e. The molecule has 0 aliphatic rings. The Morgan fingerprint density at radius 1 is 1.45 bits per heavy atom. The molecule has 6 heteroatoms. The number of aryl methyl sites for hydroxylation is 2. The molecule has 0 saturated carbocycles. The monoisotopic (exact) mass is 333 g/mol. The first kappa shape index (κ1) is 13.3. The third-order valence-electron chi connectivity index (χ3n) is 3.66. The number of H-pyrrole nitrogens is 1. The van der Waals surface area contributed by atoms with Crippen LogP contribution < -0.4 is 5.73 Å². The Morgan fingerprint density at radius 3 is 2.90 bits per heavy atom. The highest BCUT2D eigenvalue weighted by atomic mass is 79.9. The van der Waals surface area contributed by atoms with Crippen molar-refractivity contribution in [2.24, 2.45) is 12.8 Å². The number of fused-ring (bicyclic) bond motifs is 1. The molecule has 1 unspecified atom stereocenters. The van der Waals surface area contributed by atoms with E-state index in [0.29, 0.717) is 6.54 Å². The fourth-order valence-corrected chi connectivity index (χ4v) is 2.76. The molecule has 3 N–H and O–H groups in total.